The fourth-order valence-corrected chi connectivity index (χ4v) is 3.28. The molecule has 14 heteroatoms. The van der Waals surface area contributed by atoms with Crippen molar-refractivity contribution in [1.82, 2.24) is 16.0 Å². The quantitative estimate of drug-likeness (QED) is 0.0523. The molecule has 0 fully saturated rings. The van der Waals surface area contributed by atoms with E-state index in [2.05, 4.69) is 20.9 Å². The Kier molecular flexibility index (Phi) is 16.0. The summed E-state index contributed by atoms with van der Waals surface area (Å²) >= 11 is 0. The van der Waals surface area contributed by atoms with Gasteiger partial charge in [-0.3, -0.25) is 19.4 Å². The number of amides is 3. The minimum atomic E-state index is -1.46. The lowest BCUT2D eigenvalue weighted by Gasteiger charge is -2.27. The normalized spacial score (nSPS) is 15.9. The van der Waals surface area contributed by atoms with Crippen molar-refractivity contribution in [2.75, 3.05) is 13.1 Å². The number of carboxylic acid groups (broad SMARTS) is 1. The zero-order valence-electron chi connectivity index (χ0n) is 21.4. The Labute approximate surface area is 212 Å². The highest BCUT2D eigenvalue weighted by molar-refractivity contribution is 5.94. The lowest BCUT2D eigenvalue weighted by molar-refractivity contribution is -0.144. The zero-order valence-corrected chi connectivity index (χ0v) is 21.4. The molecule has 0 aliphatic carbocycles. The number of carbonyl (C=O) groups is 4. The number of rotatable bonds is 18. The Morgan fingerprint density at radius 1 is 0.889 bits per heavy atom. The van der Waals surface area contributed by atoms with Crippen LogP contribution in [0.3, 0.4) is 0 Å². The molecule has 0 saturated heterocycles. The van der Waals surface area contributed by atoms with Crippen molar-refractivity contribution in [3.8, 4) is 0 Å². The zero-order chi connectivity index (χ0) is 27.8. The van der Waals surface area contributed by atoms with Crippen LogP contribution in [-0.4, -0.2) is 83.2 Å². The Bertz CT molecular complexity index is 744. The van der Waals surface area contributed by atoms with E-state index < -0.39 is 54.0 Å². The number of nitrogens with one attached hydrogen (secondary N) is 3. The van der Waals surface area contributed by atoms with Gasteiger partial charge in [0.15, 0.2) is 5.96 Å². The maximum absolute atomic E-state index is 13.0. The van der Waals surface area contributed by atoms with Gasteiger partial charge in [0, 0.05) is 6.54 Å². The van der Waals surface area contributed by atoms with E-state index in [1.807, 2.05) is 0 Å². The topological polar surface area (TPSA) is 261 Å². The van der Waals surface area contributed by atoms with Crippen molar-refractivity contribution < 1.29 is 29.4 Å². The summed E-state index contributed by atoms with van der Waals surface area (Å²) < 4.78 is 0. The SMILES string of the molecule is CCC(C)C(NC(=O)C(NC(=O)C(CCCN=C(N)N)NC(=O)C(N)CCCCN)C(C)O)C(=O)O. The third-order valence-electron chi connectivity index (χ3n) is 5.72. The number of guanidine groups is 1. The highest BCUT2D eigenvalue weighted by atomic mass is 16.4. The van der Waals surface area contributed by atoms with Crippen LogP contribution < -0.4 is 38.9 Å². The molecule has 0 aromatic heterocycles. The first-order valence-electron chi connectivity index (χ1n) is 12.2. The van der Waals surface area contributed by atoms with Crippen LogP contribution in [-0.2, 0) is 19.2 Å². The van der Waals surface area contributed by atoms with Gasteiger partial charge in [-0.15, -0.1) is 0 Å². The van der Waals surface area contributed by atoms with Gasteiger partial charge in [-0.25, -0.2) is 4.79 Å². The number of unbranched alkanes of at least 4 members (excludes halogenated alkanes) is 1. The number of aliphatic hydroxyl groups excluding tert-OH is 1. The lowest BCUT2D eigenvalue weighted by atomic mass is 9.98. The summed E-state index contributed by atoms with van der Waals surface area (Å²) in [4.78, 5) is 53.8. The summed E-state index contributed by atoms with van der Waals surface area (Å²) in [5.41, 5.74) is 22.0. The van der Waals surface area contributed by atoms with E-state index in [4.69, 9.17) is 22.9 Å². The molecule has 0 saturated carbocycles. The number of aliphatic hydroxyl groups is 1. The molecule has 0 aromatic rings. The molecule has 0 aliphatic rings. The molecule has 0 radical (unpaired) electrons. The number of nitrogens with two attached hydrogens (primary N) is 4. The second-order valence-corrected chi connectivity index (χ2v) is 8.84. The first-order valence-corrected chi connectivity index (χ1v) is 12.2. The van der Waals surface area contributed by atoms with E-state index in [-0.39, 0.29) is 24.8 Å². The smallest absolute Gasteiger partial charge is 0.326 e. The van der Waals surface area contributed by atoms with Gasteiger partial charge >= 0.3 is 5.97 Å². The van der Waals surface area contributed by atoms with Crippen LogP contribution in [0.25, 0.3) is 0 Å². The van der Waals surface area contributed by atoms with Gasteiger partial charge in [0.25, 0.3) is 0 Å². The molecular formula is C22H44N8O6. The Balaban J connectivity index is 5.52. The molecule has 6 unspecified atom stereocenters. The third-order valence-corrected chi connectivity index (χ3v) is 5.72. The van der Waals surface area contributed by atoms with Crippen LogP contribution in [0.2, 0.25) is 0 Å². The Morgan fingerprint density at radius 2 is 1.50 bits per heavy atom. The second kappa shape index (κ2) is 17.5. The van der Waals surface area contributed by atoms with E-state index in [1.165, 1.54) is 6.92 Å². The minimum absolute atomic E-state index is 0.114. The van der Waals surface area contributed by atoms with Gasteiger partial charge in [0.05, 0.1) is 12.1 Å². The first-order chi connectivity index (χ1) is 16.8. The molecule has 36 heavy (non-hydrogen) atoms. The van der Waals surface area contributed by atoms with E-state index in [9.17, 15) is 29.4 Å². The second-order valence-electron chi connectivity index (χ2n) is 8.84. The summed E-state index contributed by atoms with van der Waals surface area (Å²) in [6, 6.07) is -4.64. The number of hydrogen-bond acceptors (Lipinski definition) is 8. The monoisotopic (exact) mass is 516 g/mol. The average molecular weight is 517 g/mol. The standard InChI is InChI=1S/C22H44N8O6/c1-4-12(2)16(21(35)36)29-20(34)17(13(3)31)30-19(33)15(9-7-11-27-22(25)26)28-18(32)14(24)8-5-6-10-23/h12-17,31H,4-11,23-24H2,1-3H3,(H,28,32)(H,29,34)(H,30,33)(H,35,36)(H4,25,26,27). The maximum atomic E-state index is 13.0. The van der Waals surface area contributed by atoms with Crippen molar-refractivity contribution in [3.63, 3.8) is 0 Å². The molecule has 0 aromatic carbocycles. The van der Waals surface area contributed by atoms with Crippen molar-refractivity contribution >= 4 is 29.7 Å². The molecule has 0 rings (SSSR count). The van der Waals surface area contributed by atoms with Gasteiger partial charge in [-0.05, 0) is 45.1 Å². The number of aliphatic imine (C=N–C) groups is 1. The summed E-state index contributed by atoms with van der Waals surface area (Å²) in [7, 11) is 0. The average Bonchev–Trinajstić information content (AvgIpc) is 2.81. The molecule has 13 N–H and O–H groups in total. The van der Waals surface area contributed by atoms with Gasteiger partial charge in [-0.2, -0.15) is 0 Å². The predicted octanol–water partition coefficient (Wildman–Crippen LogP) is -2.54. The largest absolute Gasteiger partial charge is 0.480 e. The summed E-state index contributed by atoms with van der Waals surface area (Å²) in [6.07, 6.45) is 1.27. The minimum Gasteiger partial charge on any atom is -0.480 e. The molecule has 6 atom stereocenters. The van der Waals surface area contributed by atoms with E-state index in [0.717, 1.165) is 0 Å². The maximum Gasteiger partial charge on any atom is 0.326 e. The molecule has 3 amide bonds. The van der Waals surface area contributed by atoms with Crippen LogP contribution >= 0.6 is 0 Å². The summed E-state index contributed by atoms with van der Waals surface area (Å²) in [6.45, 7) is 5.38. The predicted molar refractivity (Wildman–Crippen MR) is 135 cm³/mol. The molecular weight excluding hydrogens is 472 g/mol. The lowest BCUT2D eigenvalue weighted by Crippen LogP contribution is -2.60. The van der Waals surface area contributed by atoms with E-state index in [1.54, 1.807) is 13.8 Å². The molecule has 0 heterocycles. The van der Waals surface area contributed by atoms with Gasteiger partial charge in [-0.1, -0.05) is 26.7 Å². The van der Waals surface area contributed by atoms with Gasteiger partial charge < -0.3 is 49.1 Å². The Hall–Kier alpha value is -2.97. The highest BCUT2D eigenvalue weighted by Crippen LogP contribution is 2.09. The number of carboxylic acids is 1. The van der Waals surface area contributed by atoms with Crippen LogP contribution in [0, 0.1) is 5.92 Å². The van der Waals surface area contributed by atoms with Crippen LogP contribution in [0.1, 0.15) is 59.3 Å². The van der Waals surface area contributed by atoms with E-state index in [0.29, 0.717) is 38.6 Å². The Morgan fingerprint density at radius 3 is 2.00 bits per heavy atom. The number of carbonyl (C=O) groups excluding carboxylic acids is 3. The van der Waals surface area contributed by atoms with Gasteiger partial charge in [0.1, 0.15) is 18.1 Å². The first kappa shape index (κ1) is 33.0. The molecule has 208 valence electrons. The molecule has 0 spiro atoms. The third kappa shape index (κ3) is 12.7. The van der Waals surface area contributed by atoms with Crippen LogP contribution in [0.15, 0.2) is 4.99 Å². The van der Waals surface area contributed by atoms with Crippen molar-refractivity contribution in [2.24, 2.45) is 33.8 Å². The molecule has 0 aliphatic heterocycles. The van der Waals surface area contributed by atoms with Crippen molar-refractivity contribution in [1.29, 1.82) is 0 Å². The van der Waals surface area contributed by atoms with E-state index >= 15 is 0 Å². The number of aliphatic carboxylic acids is 1. The van der Waals surface area contributed by atoms with Crippen molar-refractivity contribution in [2.45, 2.75) is 89.6 Å². The van der Waals surface area contributed by atoms with Gasteiger partial charge in [0.2, 0.25) is 17.7 Å². The summed E-state index contributed by atoms with van der Waals surface area (Å²) in [5, 5.41) is 26.9. The molecule has 14 nitrogen and oxygen atoms in total. The number of hydrogen-bond donors (Lipinski definition) is 9. The fraction of sp³-hybridized carbons (Fsp3) is 0.773. The van der Waals surface area contributed by atoms with Crippen molar-refractivity contribution in [3.05, 3.63) is 0 Å². The fourth-order valence-electron chi connectivity index (χ4n) is 3.28. The number of nitrogens with zero attached hydrogens (tertiary/aromatic N) is 1. The highest BCUT2D eigenvalue weighted by Gasteiger charge is 2.33. The molecule has 0 bridgehead atoms. The van der Waals surface area contributed by atoms with Crippen LogP contribution in [0.4, 0.5) is 0 Å². The van der Waals surface area contributed by atoms with Crippen LogP contribution in [0.5, 0.6) is 0 Å². The summed E-state index contributed by atoms with van der Waals surface area (Å²) in [5.74, 6) is -3.92.